The highest BCUT2D eigenvalue weighted by atomic mass is 32.2. The lowest BCUT2D eigenvalue weighted by molar-refractivity contribution is -0.131. The lowest BCUT2D eigenvalue weighted by Gasteiger charge is -2.03. The number of rotatable bonds is 4. The van der Waals surface area contributed by atoms with Gasteiger partial charge in [0.25, 0.3) is 15.9 Å². The van der Waals surface area contributed by atoms with Gasteiger partial charge in [0, 0.05) is 12.2 Å². The van der Waals surface area contributed by atoms with E-state index in [0.717, 1.165) is 0 Å². The lowest BCUT2D eigenvalue weighted by Crippen LogP contribution is -2.29. The van der Waals surface area contributed by atoms with Crippen molar-refractivity contribution in [2.24, 2.45) is 0 Å². The third-order valence-electron chi connectivity index (χ3n) is 1.67. The van der Waals surface area contributed by atoms with Gasteiger partial charge in [0.15, 0.2) is 0 Å². The predicted molar refractivity (Wildman–Crippen MR) is 58.5 cm³/mol. The molecule has 0 radical (unpaired) electrons. The topological polar surface area (TPSA) is 101 Å². The summed E-state index contributed by atoms with van der Waals surface area (Å²) in [5.41, 5.74) is 0. The van der Waals surface area contributed by atoms with E-state index in [9.17, 15) is 18.0 Å². The van der Waals surface area contributed by atoms with Gasteiger partial charge in [-0.05, 0) is 12.1 Å². The quantitative estimate of drug-likeness (QED) is 0.745. The van der Waals surface area contributed by atoms with Crippen molar-refractivity contribution in [1.82, 2.24) is 4.72 Å². The molecule has 0 fully saturated rings. The van der Waals surface area contributed by atoms with Crippen molar-refractivity contribution in [3.63, 3.8) is 0 Å². The minimum absolute atomic E-state index is 0.0722. The summed E-state index contributed by atoms with van der Waals surface area (Å²) < 4.78 is 24.9. The third-order valence-corrected chi connectivity index (χ3v) is 3.03. The molecule has 7 heteroatoms. The minimum atomic E-state index is -3.95. The molecule has 1 aromatic carbocycles. The first-order chi connectivity index (χ1) is 7.92. The Morgan fingerprint density at radius 1 is 1.12 bits per heavy atom. The monoisotopic (exact) mass is 255 g/mol. The maximum atomic E-state index is 11.6. The summed E-state index contributed by atoms with van der Waals surface area (Å²) in [7, 11) is -3.95. The van der Waals surface area contributed by atoms with Crippen LogP contribution in [-0.4, -0.2) is 25.4 Å². The first-order valence-electron chi connectivity index (χ1n) is 4.44. The molecule has 0 aliphatic rings. The van der Waals surface area contributed by atoms with Gasteiger partial charge in [-0.15, -0.1) is 0 Å². The molecule has 0 aromatic heterocycles. The van der Waals surface area contributed by atoms with E-state index in [1.54, 1.807) is 10.8 Å². The van der Waals surface area contributed by atoms with Crippen LogP contribution in [0.15, 0.2) is 47.4 Å². The fourth-order valence-electron chi connectivity index (χ4n) is 0.972. The van der Waals surface area contributed by atoms with Crippen LogP contribution in [0.3, 0.4) is 0 Å². The van der Waals surface area contributed by atoms with Crippen LogP contribution in [0.4, 0.5) is 0 Å². The zero-order valence-corrected chi connectivity index (χ0v) is 9.35. The Bertz CT molecular complexity index is 547. The normalized spacial score (nSPS) is 11.3. The smallest absolute Gasteiger partial charge is 0.328 e. The zero-order chi connectivity index (χ0) is 12.9. The van der Waals surface area contributed by atoms with E-state index in [0.29, 0.717) is 12.2 Å². The Labute approximate surface area is 97.6 Å². The number of nitrogens with one attached hydrogen (secondary N) is 1. The molecule has 2 N–H and O–H groups in total. The van der Waals surface area contributed by atoms with Crippen LogP contribution in [-0.2, 0) is 19.6 Å². The molecule has 0 saturated heterocycles. The van der Waals surface area contributed by atoms with Crippen molar-refractivity contribution in [3.05, 3.63) is 42.5 Å². The zero-order valence-electron chi connectivity index (χ0n) is 8.53. The van der Waals surface area contributed by atoms with Crippen molar-refractivity contribution in [3.8, 4) is 0 Å². The first kappa shape index (κ1) is 12.9. The van der Waals surface area contributed by atoms with Crippen LogP contribution in [0.5, 0.6) is 0 Å². The van der Waals surface area contributed by atoms with E-state index in [1.807, 2.05) is 0 Å². The van der Waals surface area contributed by atoms with Crippen LogP contribution in [0.25, 0.3) is 0 Å². The van der Waals surface area contributed by atoms with Gasteiger partial charge < -0.3 is 5.11 Å². The van der Waals surface area contributed by atoms with Gasteiger partial charge >= 0.3 is 5.97 Å². The van der Waals surface area contributed by atoms with E-state index >= 15 is 0 Å². The Balaban J connectivity index is 2.82. The molecule has 0 atom stereocenters. The van der Waals surface area contributed by atoms with Crippen molar-refractivity contribution in [1.29, 1.82) is 0 Å². The van der Waals surface area contributed by atoms with Crippen molar-refractivity contribution in [2.45, 2.75) is 4.90 Å². The number of sulfonamides is 1. The second-order valence-electron chi connectivity index (χ2n) is 2.95. The molecule has 0 heterocycles. The second-order valence-corrected chi connectivity index (χ2v) is 4.64. The lowest BCUT2D eigenvalue weighted by atomic mass is 10.4. The number of carbonyl (C=O) groups is 2. The minimum Gasteiger partial charge on any atom is -0.478 e. The number of hydrogen-bond acceptors (Lipinski definition) is 4. The van der Waals surface area contributed by atoms with Crippen LogP contribution in [0, 0.1) is 0 Å². The number of aliphatic carboxylic acids is 1. The van der Waals surface area contributed by atoms with E-state index in [1.165, 1.54) is 24.3 Å². The Hall–Kier alpha value is -2.15. The van der Waals surface area contributed by atoms with Gasteiger partial charge in [-0.3, -0.25) is 4.79 Å². The molecular weight excluding hydrogens is 246 g/mol. The molecular formula is C10H9NO5S. The number of amides is 1. The maximum Gasteiger partial charge on any atom is 0.328 e. The largest absolute Gasteiger partial charge is 0.478 e. The van der Waals surface area contributed by atoms with E-state index in [4.69, 9.17) is 5.11 Å². The molecule has 0 aliphatic heterocycles. The van der Waals surface area contributed by atoms with Gasteiger partial charge in [-0.1, -0.05) is 18.2 Å². The predicted octanol–water partition coefficient (Wildman–Crippen LogP) is 0.132. The molecule has 0 bridgehead atoms. The van der Waals surface area contributed by atoms with Crippen LogP contribution < -0.4 is 4.72 Å². The molecule has 1 aromatic rings. The van der Waals surface area contributed by atoms with E-state index in [2.05, 4.69) is 0 Å². The summed E-state index contributed by atoms with van der Waals surface area (Å²) >= 11 is 0. The average molecular weight is 255 g/mol. The van der Waals surface area contributed by atoms with E-state index < -0.39 is 21.9 Å². The fourth-order valence-corrected chi connectivity index (χ4v) is 1.94. The molecule has 0 unspecified atom stereocenters. The molecule has 17 heavy (non-hydrogen) atoms. The molecule has 0 saturated carbocycles. The van der Waals surface area contributed by atoms with Crippen LogP contribution in [0.2, 0.25) is 0 Å². The Morgan fingerprint density at radius 3 is 2.24 bits per heavy atom. The summed E-state index contributed by atoms with van der Waals surface area (Å²) in [4.78, 5) is 21.1. The second kappa shape index (κ2) is 5.26. The average Bonchev–Trinajstić information content (AvgIpc) is 2.27. The summed E-state index contributed by atoms with van der Waals surface area (Å²) in [6.07, 6.45) is 1.18. The molecule has 90 valence electrons. The SMILES string of the molecule is O=C(O)C=CC(=O)NS(=O)(=O)c1ccccc1. The standard InChI is InChI=1S/C10H9NO5S/c12-9(6-7-10(13)14)11-17(15,16)8-4-2-1-3-5-8/h1-7H,(H,11,12)(H,13,14). The highest BCUT2D eigenvalue weighted by molar-refractivity contribution is 7.90. The van der Waals surface area contributed by atoms with Gasteiger partial charge in [0.1, 0.15) is 0 Å². The Kier molecular flexibility index (Phi) is 4.00. The van der Waals surface area contributed by atoms with Crippen LogP contribution in [0.1, 0.15) is 0 Å². The van der Waals surface area contributed by atoms with Gasteiger partial charge in [-0.25, -0.2) is 17.9 Å². The number of carboxylic acids is 1. The molecule has 1 amide bonds. The molecule has 0 spiro atoms. The van der Waals surface area contributed by atoms with Crippen molar-refractivity contribution in [2.75, 3.05) is 0 Å². The first-order valence-corrected chi connectivity index (χ1v) is 5.93. The summed E-state index contributed by atoms with van der Waals surface area (Å²) in [6.45, 7) is 0. The number of carboxylic acid groups (broad SMARTS) is 1. The number of benzene rings is 1. The van der Waals surface area contributed by atoms with Crippen molar-refractivity contribution >= 4 is 21.9 Å². The van der Waals surface area contributed by atoms with Crippen LogP contribution >= 0.6 is 0 Å². The summed E-state index contributed by atoms with van der Waals surface area (Å²) in [5, 5.41) is 8.26. The van der Waals surface area contributed by atoms with Gasteiger partial charge in [-0.2, -0.15) is 0 Å². The molecule has 6 nitrogen and oxygen atoms in total. The van der Waals surface area contributed by atoms with Gasteiger partial charge in [0.2, 0.25) is 0 Å². The molecule has 1 rings (SSSR count). The highest BCUT2D eigenvalue weighted by Gasteiger charge is 2.15. The highest BCUT2D eigenvalue weighted by Crippen LogP contribution is 2.06. The van der Waals surface area contributed by atoms with Crippen molar-refractivity contribution < 1.29 is 23.1 Å². The van der Waals surface area contributed by atoms with E-state index in [-0.39, 0.29) is 4.90 Å². The third kappa shape index (κ3) is 4.07. The number of hydrogen-bond donors (Lipinski definition) is 2. The Morgan fingerprint density at radius 2 is 1.71 bits per heavy atom. The summed E-state index contributed by atoms with van der Waals surface area (Å²) in [6, 6.07) is 7.27. The molecule has 0 aliphatic carbocycles. The van der Waals surface area contributed by atoms with Gasteiger partial charge in [0.05, 0.1) is 4.90 Å². The maximum absolute atomic E-state index is 11.6. The number of carbonyl (C=O) groups excluding carboxylic acids is 1. The summed E-state index contributed by atoms with van der Waals surface area (Å²) in [5.74, 6) is -2.35. The fraction of sp³-hybridized carbons (Fsp3) is 0.